The van der Waals surface area contributed by atoms with Crippen molar-refractivity contribution >= 4 is 15.9 Å². The average molecular weight is 247 g/mol. The summed E-state index contributed by atoms with van der Waals surface area (Å²) < 4.78 is 27.3. The summed E-state index contributed by atoms with van der Waals surface area (Å²) in [4.78, 5) is 0. The molecule has 0 aromatic rings. The summed E-state index contributed by atoms with van der Waals surface area (Å²) in [7, 11) is -3.26. The van der Waals surface area contributed by atoms with Crippen LogP contribution < -0.4 is 0 Å². The van der Waals surface area contributed by atoms with Gasteiger partial charge in [0, 0.05) is 39.0 Å². The Balaban J connectivity index is 2.02. The van der Waals surface area contributed by atoms with Gasteiger partial charge >= 0.3 is 0 Å². The van der Waals surface area contributed by atoms with Crippen LogP contribution in [0.2, 0.25) is 0 Å². The molecule has 2 aliphatic rings. The molecule has 2 fully saturated rings. The van der Waals surface area contributed by atoms with Gasteiger partial charge in [0.1, 0.15) is 0 Å². The molecule has 0 aliphatic carbocycles. The quantitative estimate of drug-likeness (QED) is 0.561. The first-order valence-corrected chi connectivity index (χ1v) is 6.99. The zero-order chi connectivity index (χ0) is 11.6. The van der Waals surface area contributed by atoms with Crippen molar-refractivity contribution < 1.29 is 13.6 Å². The van der Waals surface area contributed by atoms with Crippen LogP contribution in [-0.2, 0) is 10.2 Å². The standard InChI is InChI=1S/C9H17N3O3S/c13-10-9-3-7-12(8-4-9)16(14,15)11-5-1-2-6-11/h13H,1-8H2. The number of hydrogen-bond donors (Lipinski definition) is 1. The summed E-state index contributed by atoms with van der Waals surface area (Å²) in [5.41, 5.74) is 0.688. The Morgan fingerprint density at radius 3 is 2.00 bits per heavy atom. The lowest BCUT2D eigenvalue weighted by Gasteiger charge is -2.30. The Labute approximate surface area is 95.7 Å². The molecule has 7 heteroatoms. The first kappa shape index (κ1) is 11.8. The molecule has 0 aromatic carbocycles. The van der Waals surface area contributed by atoms with Gasteiger partial charge in [-0.2, -0.15) is 17.0 Å². The molecule has 0 amide bonds. The van der Waals surface area contributed by atoms with Crippen LogP contribution in [-0.4, -0.2) is 54.1 Å². The van der Waals surface area contributed by atoms with Gasteiger partial charge in [-0.05, 0) is 12.8 Å². The number of piperidine rings is 1. The third-order valence-electron chi connectivity index (χ3n) is 3.16. The summed E-state index contributed by atoms with van der Waals surface area (Å²) in [6.07, 6.45) is 2.97. The van der Waals surface area contributed by atoms with E-state index in [0.717, 1.165) is 12.8 Å². The Morgan fingerprint density at radius 2 is 1.50 bits per heavy atom. The second kappa shape index (κ2) is 4.68. The highest BCUT2D eigenvalue weighted by molar-refractivity contribution is 7.86. The smallest absolute Gasteiger partial charge is 0.281 e. The number of nitrogens with zero attached hydrogens (tertiary/aromatic N) is 3. The molecule has 2 saturated heterocycles. The van der Waals surface area contributed by atoms with Crippen molar-refractivity contribution in [2.75, 3.05) is 26.2 Å². The van der Waals surface area contributed by atoms with Gasteiger partial charge in [0.05, 0.1) is 5.71 Å². The molecule has 0 saturated carbocycles. The van der Waals surface area contributed by atoms with Gasteiger partial charge in [-0.1, -0.05) is 5.16 Å². The minimum absolute atomic E-state index is 0.429. The second-order valence-corrected chi connectivity index (χ2v) is 6.11. The van der Waals surface area contributed by atoms with Gasteiger partial charge < -0.3 is 5.21 Å². The maximum absolute atomic E-state index is 12.1. The van der Waals surface area contributed by atoms with Crippen molar-refractivity contribution in [3.05, 3.63) is 0 Å². The molecule has 0 bridgehead atoms. The summed E-state index contributed by atoms with van der Waals surface area (Å²) in [6.45, 7) is 2.13. The molecular weight excluding hydrogens is 230 g/mol. The van der Waals surface area contributed by atoms with E-state index in [1.807, 2.05) is 0 Å². The Hall–Kier alpha value is -0.660. The second-order valence-electron chi connectivity index (χ2n) is 4.18. The van der Waals surface area contributed by atoms with Crippen LogP contribution in [0.5, 0.6) is 0 Å². The van der Waals surface area contributed by atoms with E-state index in [9.17, 15) is 8.42 Å². The van der Waals surface area contributed by atoms with Crippen molar-refractivity contribution in [1.29, 1.82) is 0 Å². The SMILES string of the molecule is O=S(=O)(N1CCCC1)N1CCC(=NO)CC1. The maximum atomic E-state index is 12.1. The average Bonchev–Trinajstić information content (AvgIpc) is 2.83. The Kier molecular flexibility index (Phi) is 3.46. The maximum Gasteiger partial charge on any atom is 0.281 e. The molecule has 2 heterocycles. The molecule has 16 heavy (non-hydrogen) atoms. The van der Waals surface area contributed by atoms with Gasteiger partial charge in [0.2, 0.25) is 0 Å². The van der Waals surface area contributed by atoms with Crippen LogP contribution in [0.15, 0.2) is 5.16 Å². The van der Waals surface area contributed by atoms with Crippen molar-refractivity contribution in [1.82, 2.24) is 8.61 Å². The topological polar surface area (TPSA) is 73.2 Å². The third kappa shape index (κ3) is 2.21. The van der Waals surface area contributed by atoms with E-state index < -0.39 is 10.2 Å². The molecule has 1 N–H and O–H groups in total. The molecule has 0 spiro atoms. The molecular formula is C9H17N3O3S. The van der Waals surface area contributed by atoms with Gasteiger partial charge in [0.25, 0.3) is 10.2 Å². The molecule has 2 aliphatic heterocycles. The summed E-state index contributed by atoms with van der Waals surface area (Å²) in [5, 5.41) is 11.7. The highest BCUT2D eigenvalue weighted by Crippen LogP contribution is 2.19. The first-order valence-electron chi connectivity index (χ1n) is 5.59. The van der Waals surface area contributed by atoms with E-state index in [-0.39, 0.29) is 0 Å². The van der Waals surface area contributed by atoms with Crippen LogP contribution in [0.25, 0.3) is 0 Å². The normalized spacial score (nSPS) is 24.9. The number of hydrogen-bond acceptors (Lipinski definition) is 4. The van der Waals surface area contributed by atoms with Crippen LogP contribution in [0, 0.1) is 0 Å². The fraction of sp³-hybridized carbons (Fsp3) is 0.889. The van der Waals surface area contributed by atoms with Gasteiger partial charge in [-0.15, -0.1) is 0 Å². The van der Waals surface area contributed by atoms with Gasteiger partial charge in [-0.25, -0.2) is 0 Å². The number of oxime groups is 1. The summed E-state index contributed by atoms with van der Waals surface area (Å²) in [5.74, 6) is 0. The van der Waals surface area contributed by atoms with E-state index in [1.54, 1.807) is 4.31 Å². The minimum atomic E-state index is -3.26. The fourth-order valence-corrected chi connectivity index (χ4v) is 3.85. The molecule has 0 unspecified atom stereocenters. The number of rotatable bonds is 2. The highest BCUT2D eigenvalue weighted by atomic mass is 32.2. The van der Waals surface area contributed by atoms with Crippen molar-refractivity contribution in [3.8, 4) is 0 Å². The van der Waals surface area contributed by atoms with Gasteiger partial charge in [0.15, 0.2) is 0 Å². The zero-order valence-corrected chi connectivity index (χ0v) is 9.99. The lowest BCUT2D eigenvalue weighted by molar-refractivity contribution is 0.306. The molecule has 92 valence electrons. The summed E-state index contributed by atoms with van der Waals surface area (Å²) >= 11 is 0. The molecule has 6 nitrogen and oxygen atoms in total. The monoisotopic (exact) mass is 247 g/mol. The van der Waals surface area contributed by atoms with Crippen molar-refractivity contribution in [2.24, 2.45) is 5.16 Å². The van der Waals surface area contributed by atoms with E-state index in [4.69, 9.17) is 5.21 Å². The Bertz CT molecular complexity index is 363. The van der Waals surface area contributed by atoms with Crippen LogP contribution in [0.1, 0.15) is 25.7 Å². The van der Waals surface area contributed by atoms with E-state index in [0.29, 0.717) is 44.7 Å². The van der Waals surface area contributed by atoms with E-state index in [2.05, 4.69) is 5.16 Å². The lowest BCUT2D eigenvalue weighted by Crippen LogP contribution is -2.46. The minimum Gasteiger partial charge on any atom is -0.411 e. The first-order chi connectivity index (χ1) is 7.64. The molecule has 0 aromatic heterocycles. The largest absolute Gasteiger partial charge is 0.411 e. The van der Waals surface area contributed by atoms with Crippen LogP contribution in [0.3, 0.4) is 0 Å². The van der Waals surface area contributed by atoms with Crippen molar-refractivity contribution in [3.63, 3.8) is 0 Å². The predicted molar refractivity (Wildman–Crippen MR) is 59.8 cm³/mol. The molecule has 2 rings (SSSR count). The fourth-order valence-electron chi connectivity index (χ4n) is 2.16. The highest BCUT2D eigenvalue weighted by Gasteiger charge is 2.33. The molecule has 0 radical (unpaired) electrons. The van der Waals surface area contributed by atoms with Crippen molar-refractivity contribution in [2.45, 2.75) is 25.7 Å². The van der Waals surface area contributed by atoms with Crippen LogP contribution >= 0.6 is 0 Å². The lowest BCUT2D eigenvalue weighted by atomic mass is 10.1. The van der Waals surface area contributed by atoms with Crippen LogP contribution in [0.4, 0.5) is 0 Å². The summed E-state index contributed by atoms with van der Waals surface area (Å²) in [6, 6.07) is 0. The third-order valence-corrected chi connectivity index (χ3v) is 5.19. The zero-order valence-electron chi connectivity index (χ0n) is 9.17. The van der Waals surface area contributed by atoms with E-state index >= 15 is 0 Å². The predicted octanol–water partition coefficient (Wildman–Crippen LogP) is 0.253. The van der Waals surface area contributed by atoms with E-state index in [1.165, 1.54) is 4.31 Å². The van der Waals surface area contributed by atoms with Gasteiger partial charge in [-0.3, -0.25) is 0 Å². The molecule has 0 atom stereocenters. The Morgan fingerprint density at radius 1 is 1.00 bits per heavy atom.